The molecule has 1 aromatic carbocycles. The fourth-order valence-electron chi connectivity index (χ4n) is 1.86. The third-order valence-electron chi connectivity index (χ3n) is 2.84. The minimum atomic E-state index is -0.882. The summed E-state index contributed by atoms with van der Waals surface area (Å²) >= 11 is 0. The molecular formula is C15H23N3O3. The van der Waals surface area contributed by atoms with E-state index in [4.69, 9.17) is 10.5 Å². The van der Waals surface area contributed by atoms with Gasteiger partial charge in [0.05, 0.1) is 0 Å². The minimum absolute atomic E-state index is 0.239. The Morgan fingerprint density at radius 2 is 1.95 bits per heavy atom. The van der Waals surface area contributed by atoms with Gasteiger partial charge in [-0.1, -0.05) is 19.1 Å². The second kappa shape index (κ2) is 8.97. The molecule has 0 aromatic heterocycles. The maximum Gasteiger partial charge on any atom is 0.318 e. The van der Waals surface area contributed by atoms with E-state index in [1.807, 2.05) is 17.4 Å². The van der Waals surface area contributed by atoms with Crippen molar-refractivity contribution in [3.8, 4) is 5.75 Å². The summed E-state index contributed by atoms with van der Waals surface area (Å²) in [5.41, 5.74) is 6.03. The fraction of sp³-hybridized carbons (Fsp3) is 0.467. The first-order valence-electron chi connectivity index (χ1n) is 7.05. The normalized spacial score (nSPS) is 11.7. The molecule has 0 aliphatic rings. The SMILES string of the molecule is CCCNC(C)Cc1ccc(OCC(=O)NC(N)=O)cc1. The molecule has 21 heavy (non-hydrogen) atoms. The first kappa shape index (κ1) is 17.0. The van der Waals surface area contributed by atoms with Gasteiger partial charge in [0.2, 0.25) is 0 Å². The number of ether oxygens (including phenoxy) is 1. The Balaban J connectivity index is 2.39. The van der Waals surface area contributed by atoms with E-state index in [2.05, 4.69) is 19.2 Å². The van der Waals surface area contributed by atoms with E-state index in [-0.39, 0.29) is 6.61 Å². The molecule has 116 valence electrons. The number of rotatable bonds is 8. The highest BCUT2D eigenvalue weighted by Crippen LogP contribution is 2.13. The van der Waals surface area contributed by atoms with E-state index < -0.39 is 11.9 Å². The average molecular weight is 293 g/mol. The molecule has 0 fully saturated rings. The molecule has 4 N–H and O–H groups in total. The first-order valence-corrected chi connectivity index (χ1v) is 7.05. The Morgan fingerprint density at radius 1 is 1.29 bits per heavy atom. The van der Waals surface area contributed by atoms with Crippen molar-refractivity contribution in [3.63, 3.8) is 0 Å². The number of imide groups is 1. The monoisotopic (exact) mass is 293 g/mol. The number of urea groups is 1. The summed E-state index contributed by atoms with van der Waals surface area (Å²) < 4.78 is 5.26. The summed E-state index contributed by atoms with van der Waals surface area (Å²) in [6.45, 7) is 5.06. The van der Waals surface area contributed by atoms with Gasteiger partial charge in [-0.05, 0) is 44.0 Å². The summed E-state index contributed by atoms with van der Waals surface area (Å²) in [6.07, 6.45) is 2.05. The number of nitrogens with one attached hydrogen (secondary N) is 2. The van der Waals surface area contributed by atoms with Gasteiger partial charge in [-0.15, -0.1) is 0 Å². The van der Waals surface area contributed by atoms with Gasteiger partial charge < -0.3 is 15.8 Å². The van der Waals surface area contributed by atoms with Crippen LogP contribution in [-0.2, 0) is 11.2 Å². The lowest BCUT2D eigenvalue weighted by Gasteiger charge is -2.13. The number of amides is 3. The summed E-state index contributed by atoms with van der Waals surface area (Å²) in [5.74, 6) is 0.0107. The van der Waals surface area contributed by atoms with Crippen molar-refractivity contribution in [1.29, 1.82) is 0 Å². The maximum absolute atomic E-state index is 11.2. The highest BCUT2D eigenvalue weighted by molar-refractivity contribution is 5.94. The quantitative estimate of drug-likeness (QED) is 0.671. The number of hydrogen-bond donors (Lipinski definition) is 3. The third kappa shape index (κ3) is 7.31. The van der Waals surface area contributed by atoms with Crippen molar-refractivity contribution in [2.24, 2.45) is 5.73 Å². The van der Waals surface area contributed by atoms with Crippen LogP contribution in [0.25, 0.3) is 0 Å². The van der Waals surface area contributed by atoms with Crippen LogP contribution in [0.15, 0.2) is 24.3 Å². The van der Waals surface area contributed by atoms with Gasteiger partial charge in [0, 0.05) is 6.04 Å². The van der Waals surface area contributed by atoms with E-state index >= 15 is 0 Å². The van der Waals surface area contributed by atoms with Crippen molar-refractivity contribution in [3.05, 3.63) is 29.8 Å². The molecule has 0 bridgehead atoms. The lowest BCUT2D eigenvalue weighted by molar-refractivity contribution is -0.121. The second-order valence-corrected chi connectivity index (χ2v) is 4.90. The number of nitrogens with two attached hydrogens (primary N) is 1. The zero-order valence-electron chi connectivity index (χ0n) is 12.5. The molecule has 0 saturated heterocycles. The third-order valence-corrected chi connectivity index (χ3v) is 2.84. The van der Waals surface area contributed by atoms with Crippen LogP contribution >= 0.6 is 0 Å². The largest absolute Gasteiger partial charge is 0.484 e. The average Bonchev–Trinajstić information content (AvgIpc) is 2.43. The zero-order chi connectivity index (χ0) is 15.7. The highest BCUT2D eigenvalue weighted by atomic mass is 16.5. The van der Waals surface area contributed by atoms with Crippen LogP contribution in [-0.4, -0.2) is 31.1 Å². The Kier molecular flexibility index (Phi) is 7.25. The number of carbonyl (C=O) groups excluding carboxylic acids is 2. The van der Waals surface area contributed by atoms with Crippen molar-refractivity contribution in [2.75, 3.05) is 13.2 Å². The standard InChI is InChI=1S/C15H23N3O3/c1-3-8-17-11(2)9-12-4-6-13(7-5-12)21-10-14(19)18-15(16)20/h4-7,11,17H,3,8-10H2,1-2H3,(H3,16,18,19,20). The molecule has 1 aromatic rings. The summed E-state index contributed by atoms with van der Waals surface area (Å²) in [4.78, 5) is 21.7. The van der Waals surface area contributed by atoms with E-state index in [0.29, 0.717) is 11.8 Å². The Hall–Kier alpha value is -2.08. The molecule has 1 unspecified atom stereocenters. The smallest absolute Gasteiger partial charge is 0.318 e. The molecular weight excluding hydrogens is 270 g/mol. The van der Waals surface area contributed by atoms with Crippen LogP contribution < -0.4 is 21.1 Å². The van der Waals surface area contributed by atoms with Crippen molar-refractivity contribution >= 4 is 11.9 Å². The second-order valence-electron chi connectivity index (χ2n) is 4.90. The van der Waals surface area contributed by atoms with Gasteiger partial charge in [0.1, 0.15) is 5.75 Å². The van der Waals surface area contributed by atoms with Gasteiger partial charge in [0.25, 0.3) is 5.91 Å². The number of carbonyl (C=O) groups is 2. The summed E-state index contributed by atoms with van der Waals surface area (Å²) in [5, 5.41) is 5.36. The number of hydrogen-bond acceptors (Lipinski definition) is 4. The molecule has 0 heterocycles. The Morgan fingerprint density at radius 3 is 2.52 bits per heavy atom. The lowest BCUT2D eigenvalue weighted by Crippen LogP contribution is -2.38. The molecule has 1 atom stereocenters. The van der Waals surface area contributed by atoms with Crippen LogP contribution in [0, 0.1) is 0 Å². The van der Waals surface area contributed by atoms with Crippen LogP contribution in [0.3, 0.4) is 0 Å². The van der Waals surface area contributed by atoms with Gasteiger partial charge >= 0.3 is 6.03 Å². The Bertz CT molecular complexity index is 460. The van der Waals surface area contributed by atoms with Gasteiger partial charge in [0.15, 0.2) is 6.61 Å². The van der Waals surface area contributed by atoms with Crippen molar-refractivity contribution < 1.29 is 14.3 Å². The van der Waals surface area contributed by atoms with Gasteiger partial charge in [-0.2, -0.15) is 0 Å². The van der Waals surface area contributed by atoms with Crippen LogP contribution in [0.2, 0.25) is 0 Å². The molecule has 6 heteroatoms. The minimum Gasteiger partial charge on any atom is -0.484 e. The van der Waals surface area contributed by atoms with Crippen LogP contribution in [0.1, 0.15) is 25.8 Å². The predicted octanol–water partition coefficient (Wildman–Crippen LogP) is 1.19. The Labute approximate surface area is 125 Å². The molecule has 0 aliphatic carbocycles. The molecule has 0 saturated carbocycles. The molecule has 6 nitrogen and oxygen atoms in total. The van der Waals surface area contributed by atoms with Crippen molar-refractivity contribution in [1.82, 2.24) is 10.6 Å². The molecule has 3 amide bonds. The number of benzene rings is 1. The molecule has 1 rings (SSSR count). The highest BCUT2D eigenvalue weighted by Gasteiger charge is 2.06. The molecule has 0 spiro atoms. The first-order chi connectivity index (χ1) is 10.0. The van der Waals surface area contributed by atoms with E-state index in [1.54, 1.807) is 12.1 Å². The maximum atomic E-state index is 11.2. The topological polar surface area (TPSA) is 93.4 Å². The lowest BCUT2D eigenvalue weighted by atomic mass is 10.1. The van der Waals surface area contributed by atoms with E-state index in [9.17, 15) is 9.59 Å². The summed E-state index contributed by atoms with van der Waals surface area (Å²) in [7, 11) is 0. The van der Waals surface area contributed by atoms with Crippen LogP contribution in [0.5, 0.6) is 5.75 Å². The van der Waals surface area contributed by atoms with E-state index in [1.165, 1.54) is 5.56 Å². The zero-order valence-corrected chi connectivity index (χ0v) is 12.5. The molecule has 0 radical (unpaired) electrons. The number of primary amides is 1. The predicted molar refractivity (Wildman–Crippen MR) is 81.1 cm³/mol. The van der Waals surface area contributed by atoms with Gasteiger partial charge in [-0.3, -0.25) is 10.1 Å². The molecule has 0 aliphatic heterocycles. The van der Waals surface area contributed by atoms with Crippen LogP contribution in [0.4, 0.5) is 4.79 Å². The van der Waals surface area contributed by atoms with Crippen molar-refractivity contribution in [2.45, 2.75) is 32.7 Å². The summed E-state index contributed by atoms with van der Waals surface area (Å²) in [6, 6.07) is 7.07. The van der Waals surface area contributed by atoms with Gasteiger partial charge in [-0.25, -0.2) is 4.79 Å². The van der Waals surface area contributed by atoms with E-state index in [0.717, 1.165) is 19.4 Å². The fourth-order valence-corrected chi connectivity index (χ4v) is 1.86.